The summed E-state index contributed by atoms with van der Waals surface area (Å²) in [7, 11) is 1.57. The summed E-state index contributed by atoms with van der Waals surface area (Å²) in [6.45, 7) is 5.28. The zero-order chi connectivity index (χ0) is 19.4. The smallest absolute Gasteiger partial charge is 0.265 e. The van der Waals surface area contributed by atoms with Gasteiger partial charge in [0.15, 0.2) is 5.78 Å². The molecule has 2 atom stereocenters. The number of amides is 1. The molecule has 0 saturated carbocycles. The van der Waals surface area contributed by atoms with Gasteiger partial charge in [-0.2, -0.15) is 0 Å². The molecule has 3 rings (SSSR count). The number of carbonyl (C=O) groups excluding carboxylic acids is 2. The number of pyridine rings is 1. The summed E-state index contributed by atoms with van der Waals surface area (Å²) in [5.41, 5.74) is 1.14. The number of hydrogen-bond donors (Lipinski definition) is 1. The number of rotatable bonds is 7. The van der Waals surface area contributed by atoms with Gasteiger partial charge in [0.05, 0.1) is 12.5 Å². The van der Waals surface area contributed by atoms with Gasteiger partial charge in [0, 0.05) is 41.9 Å². The molecular weight excluding hydrogens is 344 g/mol. The number of nitrogens with zero attached hydrogens (tertiary/aromatic N) is 2. The molecule has 0 aliphatic carbocycles. The minimum Gasteiger partial charge on any atom is -0.497 e. The maximum absolute atomic E-state index is 12.9. The van der Waals surface area contributed by atoms with Gasteiger partial charge in [0.25, 0.3) is 5.52 Å². The zero-order valence-corrected chi connectivity index (χ0v) is 15.5. The summed E-state index contributed by atoms with van der Waals surface area (Å²) in [6, 6.07) is 6.89. The molecule has 27 heavy (non-hydrogen) atoms. The van der Waals surface area contributed by atoms with E-state index in [1.165, 1.54) is 6.20 Å². The van der Waals surface area contributed by atoms with Crippen LogP contribution in [0.25, 0.3) is 10.9 Å². The van der Waals surface area contributed by atoms with E-state index in [9.17, 15) is 14.8 Å². The minimum atomic E-state index is 0.0366. The van der Waals surface area contributed by atoms with Crippen LogP contribution in [0, 0.1) is 11.8 Å². The van der Waals surface area contributed by atoms with Crippen LogP contribution in [0.3, 0.4) is 0 Å². The van der Waals surface area contributed by atoms with E-state index in [0.717, 1.165) is 30.5 Å². The molecule has 1 aromatic heterocycles. The fourth-order valence-electron chi connectivity index (χ4n) is 3.85. The van der Waals surface area contributed by atoms with Crippen molar-refractivity contribution in [2.24, 2.45) is 11.8 Å². The van der Waals surface area contributed by atoms with E-state index in [1.54, 1.807) is 36.3 Å². The van der Waals surface area contributed by atoms with Crippen LogP contribution in [0.15, 0.2) is 43.1 Å². The van der Waals surface area contributed by atoms with Gasteiger partial charge in [-0.05, 0) is 36.8 Å². The molecule has 1 aromatic carbocycles. The Morgan fingerprint density at radius 3 is 2.96 bits per heavy atom. The summed E-state index contributed by atoms with van der Waals surface area (Å²) in [4.78, 5) is 25.7. The van der Waals surface area contributed by atoms with Crippen molar-refractivity contribution in [1.82, 2.24) is 4.90 Å². The van der Waals surface area contributed by atoms with E-state index in [1.807, 2.05) is 6.08 Å². The molecule has 6 heteroatoms. The van der Waals surface area contributed by atoms with Crippen LogP contribution in [-0.4, -0.2) is 42.5 Å². The highest BCUT2D eigenvalue weighted by atomic mass is 16.5. The maximum atomic E-state index is 12.9. The number of piperidine rings is 1. The Labute approximate surface area is 158 Å². The maximum Gasteiger partial charge on any atom is 0.265 e. The summed E-state index contributed by atoms with van der Waals surface area (Å²) >= 11 is 0. The van der Waals surface area contributed by atoms with Gasteiger partial charge >= 0.3 is 0 Å². The molecule has 6 nitrogen and oxygen atoms in total. The number of ether oxygens (including phenoxy) is 1. The van der Waals surface area contributed by atoms with Gasteiger partial charge in [-0.1, -0.05) is 6.08 Å². The highest BCUT2D eigenvalue weighted by Crippen LogP contribution is 2.29. The molecule has 2 unspecified atom stereocenters. The third kappa shape index (κ3) is 3.94. The minimum absolute atomic E-state index is 0.0366. The van der Waals surface area contributed by atoms with E-state index in [0.29, 0.717) is 41.1 Å². The number of Topliss-reactive ketones (excluding diaryl/α,β-unsaturated/α-hetero) is 1. The van der Waals surface area contributed by atoms with E-state index in [4.69, 9.17) is 4.74 Å². The standard InChI is InChI=1S/C21H25N2O4/c1-3-15-13-22(14-24)10-8-16(15)4-7-21(25)18-9-11-23(26)20-6-5-17(27-2)12-19(18)20/h3,5-6,9,11-12,14-16,26H,1,4,7-8,10,13H2,2H3/q+1. The lowest BCUT2D eigenvalue weighted by atomic mass is 9.81. The van der Waals surface area contributed by atoms with Crippen LogP contribution < -0.4 is 9.47 Å². The van der Waals surface area contributed by atoms with Crippen LogP contribution >= 0.6 is 0 Å². The third-order valence-corrected chi connectivity index (χ3v) is 5.46. The number of aromatic nitrogens is 1. The van der Waals surface area contributed by atoms with Gasteiger partial charge in [-0.25, -0.2) is 0 Å². The van der Waals surface area contributed by atoms with Crippen molar-refractivity contribution in [2.75, 3.05) is 20.2 Å². The molecule has 1 saturated heterocycles. The van der Waals surface area contributed by atoms with Gasteiger partial charge in [-0.15, -0.1) is 6.58 Å². The van der Waals surface area contributed by atoms with E-state index < -0.39 is 0 Å². The highest BCUT2D eigenvalue weighted by Gasteiger charge is 2.27. The summed E-state index contributed by atoms with van der Waals surface area (Å²) < 4.78 is 6.26. The number of ketones is 1. The molecule has 2 aromatic rings. The number of carbonyl (C=O) groups is 2. The van der Waals surface area contributed by atoms with Crippen molar-refractivity contribution in [2.45, 2.75) is 19.3 Å². The van der Waals surface area contributed by atoms with Gasteiger partial charge < -0.3 is 9.64 Å². The average Bonchev–Trinajstić information content (AvgIpc) is 2.71. The molecule has 0 radical (unpaired) electrons. The quantitative estimate of drug-likeness (QED) is 0.268. The second-order valence-corrected chi connectivity index (χ2v) is 6.97. The first-order valence-electron chi connectivity index (χ1n) is 9.14. The van der Waals surface area contributed by atoms with Crippen molar-refractivity contribution >= 4 is 23.1 Å². The van der Waals surface area contributed by atoms with Crippen LogP contribution in [0.2, 0.25) is 0 Å². The average molecular weight is 369 g/mol. The Kier molecular flexibility index (Phi) is 5.74. The second kappa shape index (κ2) is 8.20. The van der Waals surface area contributed by atoms with Crippen LogP contribution in [0.5, 0.6) is 5.75 Å². The van der Waals surface area contributed by atoms with Crippen molar-refractivity contribution < 1.29 is 24.3 Å². The van der Waals surface area contributed by atoms with Crippen molar-refractivity contribution in [3.05, 3.63) is 48.7 Å². The molecule has 1 fully saturated rings. The Morgan fingerprint density at radius 2 is 2.26 bits per heavy atom. The SMILES string of the molecule is C=CC1CN(C=O)CCC1CCC(=O)c1cc[n+](O)c2ccc(OC)cc12. The lowest BCUT2D eigenvalue weighted by molar-refractivity contribution is -0.884. The highest BCUT2D eigenvalue weighted by molar-refractivity contribution is 6.06. The molecule has 0 bridgehead atoms. The van der Waals surface area contributed by atoms with Gasteiger partial charge in [0.1, 0.15) is 5.75 Å². The summed E-state index contributed by atoms with van der Waals surface area (Å²) in [5.74, 6) is 1.23. The number of hydrogen-bond acceptors (Lipinski definition) is 4. The summed E-state index contributed by atoms with van der Waals surface area (Å²) in [5, 5.41) is 10.7. The number of fused-ring (bicyclic) bond motifs is 1. The lowest BCUT2D eigenvalue weighted by Crippen LogP contribution is -2.39. The van der Waals surface area contributed by atoms with Crippen LogP contribution in [-0.2, 0) is 4.79 Å². The zero-order valence-electron chi connectivity index (χ0n) is 15.5. The lowest BCUT2D eigenvalue weighted by Gasteiger charge is -2.35. The van der Waals surface area contributed by atoms with Crippen LogP contribution in [0.1, 0.15) is 29.6 Å². The third-order valence-electron chi connectivity index (χ3n) is 5.46. The fraction of sp³-hybridized carbons (Fsp3) is 0.381. The predicted molar refractivity (Wildman–Crippen MR) is 101 cm³/mol. The van der Waals surface area contributed by atoms with Gasteiger partial charge in [-0.3, -0.25) is 14.8 Å². The molecule has 142 valence electrons. The molecule has 1 N–H and O–H groups in total. The number of methoxy groups -OCH3 is 1. The second-order valence-electron chi connectivity index (χ2n) is 6.97. The van der Waals surface area contributed by atoms with E-state index >= 15 is 0 Å². The first kappa shape index (κ1) is 18.9. The van der Waals surface area contributed by atoms with Crippen molar-refractivity contribution in [3.8, 4) is 5.75 Å². The van der Waals surface area contributed by atoms with Crippen LogP contribution in [0.4, 0.5) is 0 Å². The largest absolute Gasteiger partial charge is 0.497 e. The molecule has 0 spiro atoms. The summed E-state index contributed by atoms with van der Waals surface area (Å²) in [6.07, 6.45) is 6.30. The number of benzene rings is 1. The number of likely N-dealkylation sites (tertiary alicyclic amines) is 1. The van der Waals surface area contributed by atoms with Gasteiger partial charge in [0.2, 0.25) is 12.6 Å². The molecule has 1 aliphatic rings. The monoisotopic (exact) mass is 369 g/mol. The normalized spacial score (nSPS) is 19.7. The molecular formula is C21H25N2O4+. The van der Waals surface area contributed by atoms with Crippen molar-refractivity contribution in [3.63, 3.8) is 0 Å². The Bertz CT molecular complexity index is 865. The Hall–Kier alpha value is -2.89. The first-order valence-corrected chi connectivity index (χ1v) is 9.14. The molecule has 1 aliphatic heterocycles. The van der Waals surface area contributed by atoms with Crippen molar-refractivity contribution in [1.29, 1.82) is 0 Å². The first-order chi connectivity index (χ1) is 13.1. The van der Waals surface area contributed by atoms with E-state index in [-0.39, 0.29) is 11.7 Å². The Balaban J connectivity index is 1.77. The fourth-order valence-corrected chi connectivity index (χ4v) is 3.85. The molecule has 1 amide bonds. The molecule has 2 heterocycles. The predicted octanol–water partition coefficient (Wildman–Crippen LogP) is 2.62. The van der Waals surface area contributed by atoms with E-state index in [2.05, 4.69) is 6.58 Å². The topological polar surface area (TPSA) is 70.7 Å². The Morgan fingerprint density at radius 1 is 1.44 bits per heavy atom.